The number of ether oxygens (including phenoxy) is 1. The van der Waals surface area contributed by atoms with Crippen LogP contribution in [0.1, 0.15) is 39.0 Å². The summed E-state index contributed by atoms with van der Waals surface area (Å²) in [5.74, 6) is -0.252. The van der Waals surface area contributed by atoms with E-state index in [1.165, 1.54) is 7.11 Å². The molecule has 0 bridgehead atoms. The molecule has 0 unspecified atom stereocenters. The Balaban J connectivity index is 4.04. The quantitative estimate of drug-likeness (QED) is 0.273. The number of rotatable bonds is 7. The predicted octanol–water partition coefficient (Wildman–Crippen LogP) is 2.26. The fraction of sp³-hybridized carbons (Fsp3) is 0.636. The van der Waals surface area contributed by atoms with E-state index in [2.05, 4.69) is 4.74 Å². The van der Waals surface area contributed by atoms with Gasteiger partial charge < -0.3 is 9.53 Å². The van der Waals surface area contributed by atoms with Gasteiger partial charge in [0, 0.05) is 12.0 Å². The Hall–Kier alpha value is -1.12. The zero-order valence-corrected chi connectivity index (χ0v) is 8.91. The van der Waals surface area contributed by atoms with Crippen LogP contribution in [-0.2, 0) is 14.3 Å². The molecule has 0 atom stereocenters. The molecule has 0 heterocycles. The molecule has 0 aromatic heterocycles. The monoisotopic (exact) mass is 198 g/mol. The van der Waals surface area contributed by atoms with E-state index in [9.17, 15) is 9.59 Å². The number of aldehydes is 1. The lowest BCUT2D eigenvalue weighted by atomic mass is 10.1. The van der Waals surface area contributed by atoms with Gasteiger partial charge in [-0.1, -0.05) is 19.4 Å². The Bertz CT molecular complexity index is 207. The molecule has 0 N–H and O–H groups in total. The third-order valence-corrected chi connectivity index (χ3v) is 1.88. The molecule has 0 radical (unpaired) electrons. The molecule has 0 aromatic rings. The molecule has 0 amide bonds. The number of hydrogen-bond acceptors (Lipinski definition) is 3. The summed E-state index contributed by atoms with van der Waals surface area (Å²) >= 11 is 0. The van der Waals surface area contributed by atoms with Crippen molar-refractivity contribution >= 4 is 12.3 Å². The Kier molecular flexibility index (Phi) is 7.80. The van der Waals surface area contributed by atoms with Crippen molar-refractivity contribution in [2.24, 2.45) is 0 Å². The summed E-state index contributed by atoms with van der Waals surface area (Å²) in [6.07, 6.45) is 6.56. The SMILES string of the molecule is CCC/C(=C\CCCC=O)C(=O)OC. The maximum atomic E-state index is 11.2. The summed E-state index contributed by atoms with van der Waals surface area (Å²) in [5.41, 5.74) is 0.723. The van der Waals surface area contributed by atoms with E-state index in [4.69, 9.17) is 0 Å². The highest BCUT2D eigenvalue weighted by molar-refractivity contribution is 5.88. The van der Waals surface area contributed by atoms with E-state index in [1.54, 1.807) is 0 Å². The van der Waals surface area contributed by atoms with Crippen LogP contribution in [0.3, 0.4) is 0 Å². The second-order valence-electron chi connectivity index (χ2n) is 3.07. The normalized spacial score (nSPS) is 11.1. The van der Waals surface area contributed by atoms with E-state index < -0.39 is 0 Å². The number of carbonyl (C=O) groups is 2. The summed E-state index contributed by atoms with van der Waals surface area (Å²) in [6, 6.07) is 0. The summed E-state index contributed by atoms with van der Waals surface area (Å²) in [7, 11) is 1.39. The van der Waals surface area contributed by atoms with Gasteiger partial charge in [0.15, 0.2) is 0 Å². The Morgan fingerprint density at radius 3 is 2.57 bits per heavy atom. The molecule has 0 rings (SSSR count). The van der Waals surface area contributed by atoms with Gasteiger partial charge >= 0.3 is 5.97 Å². The van der Waals surface area contributed by atoms with Gasteiger partial charge in [0.25, 0.3) is 0 Å². The number of methoxy groups -OCH3 is 1. The second-order valence-corrected chi connectivity index (χ2v) is 3.07. The van der Waals surface area contributed by atoms with E-state index in [0.717, 1.165) is 37.5 Å². The number of hydrogen-bond donors (Lipinski definition) is 0. The fourth-order valence-corrected chi connectivity index (χ4v) is 1.17. The van der Waals surface area contributed by atoms with Crippen molar-refractivity contribution in [3.63, 3.8) is 0 Å². The third-order valence-electron chi connectivity index (χ3n) is 1.88. The van der Waals surface area contributed by atoms with Gasteiger partial charge in [-0.25, -0.2) is 4.79 Å². The predicted molar refractivity (Wildman–Crippen MR) is 54.9 cm³/mol. The topological polar surface area (TPSA) is 43.4 Å². The van der Waals surface area contributed by atoms with Crippen LogP contribution in [0, 0.1) is 0 Å². The Labute approximate surface area is 85.1 Å². The molecule has 0 aliphatic heterocycles. The number of unbranched alkanes of at least 4 members (excludes halogenated alkanes) is 2. The van der Waals surface area contributed by atoms with Crippen molar-refractivity contribution < 1.29 is 14.3 Å². The lowest BCUT2D eigenvalue weighted by molar-refractivity contribution is -0.136. The van der Waals surface area contributed by atoms with Crippen LogP contribution in [0.5, 0.6) is 0 Å². The summed E-state index contributed by atoms with van der Waals surface area (Å²) < 4.78 is 4.65. The minimum absolute atomic E-state index is 0.252. The Morgan fingerprint density at radius 2 is 2.07 bits per heavy atom. The lowest BCUT2D eigenvalue weighted by Gasteiger charge is -2.03. The molecular formula is C11H18O3. The maximum Gasteiger partial charge on any atom is 0.333 e. The van der Waals surface area contributed by atoms with Crippen LogP contribution in [-0.4, -0.2) is 19.4 Å². The highest BCUT2D eigenvalue weighted by Crippen LogP contribution is 2.09. The first-order valence-corrected chi connectivity index (χ1v) is 4.97. The van der Waals surface area contributed by atoms with E-state index >= 15 is 0 Å². The van der Waals surface area contributed by atoms with Crippen LogP contribution in [0.4, 0.5) is 0 Å². The van der Waals surface area contributed by atoms with E-state index in [0.29, 0.717) is 6.42 Å². The average Bonchev–Trinajstić information content (AvgIpc) is 2.21. The minimum atomic E-state index is -0.252. The zero-order valence-electron chi connectivity index (χ0n) is 8.91. The van der Waals surface area contributed by atoms with Crippen LogP contribution in [0.2, 0.25) is 0 Å². The van der Waals surface area contributed by atoms with E-state index in [1.807, 2.05) is 13.0 Å². The van der Waals surface area contributed by atoms with Gasteiger partial charge in [-0.2, -0.15) is 0 Å². The van der Waals surface area contributed by atoms with Gasteiger partial charge in [-0.3, -0.25) is 0 Å². The molecular weight excluding hydrogens is 180 g/mol. The molecule has 3 heteroatoms. The van der Waals surface area contributed by atoms with Crippen molar-refractivity contribution in [1.29, 1.82) is 0 Å². The van der Waals surface area contributed by atoms with E-state index in [-0.39, 0.29) is 5.97 Å². The number of carbonyl (C=O) groups excluding carboxylic acids is 2. The minimum Gasteiger partial charge on any atom is -0.466 e. The molecule has 80 valence electrons. The van der Waals surface area contributed by atoms with Gasteiger partial charge in [-0.05, 0) is 19.3 Å². The largest absolute Gasteiger partial charge is 0.466 e. The molecule has 0 fully saturated rings. The van der Waals surface area contributed by atoms with Crippen LogP contribution >= 0.6 is 0 Å². The fourth-order valence-electron chi connectivity index (χ4n) is 1.17. The lowest BCUT2D eigenvalue weighted by Crippen LogP contribution is -2.04. The van der Waals surface area contributed by atoms with Crippen molar-refractivity contribution in [3.05, 3.63) is 11.6 Å². The first-order chi connectivity index (χ1) is 6.76. The zero-order chi connectivity index (χ0) is 10.8. The maximum absolute atomic E-state index is 11.2. The van der Waals surface area contributed by atoms with Crippen LogP contribution < -0.4 is 0 Å². The van der Waals surface area contributed by atoms with Crippen molar-refractivity contribution in [2.75, 3.05) is 7.11 Å². The second kappa shape index (κ2) is 8.48. The van der Waals surface area contributed by atoms with Crippen molar-refractivity contribution in [2.45, 2.75) is 39.0 Å². The van der Waals surface area contributed by atoms with Gasteiger partial charge in [-0.15, -0.1) is 0 Å². The molecule has 0 spiro atoms. The summed E-state index contributed by atoms with van der Waals surface area (Å²) in [6.45, 7) is 2.02. The first kappa shape index (κ1) is 12.9. The van der Waals surface area contributed by atoms with Gasteiger partial charge in [0.05, 0.1) is 7.11 Å². The highest BCUT2D eigenvalue weighted by atomic mass is 16.5. The van der Waals surface area contributed by atoms with Gasteiger partial charge in [0.1, 0.15) is 6.29 Å². The molecule has 0 aliphatic carbocycles. The Morgan fingerprint density at radius 1 is 1.36 bits per heavy atom. The van der Waals surface area contributed by atoms with Crippen LogP contribution in [0.15, 0.2) is 11.6 Å². The first-order valence-electron chi connectivity index (χ1n) is 4.97. The summed E-state index contributed by atoms with van der Waals surface area (Å²) in [4.78, 5) is 21.3. The molecule has 0 saturated carbocycles. The molecule has 0 aliphatic rings. The molecule has 3 nitrogen and oxygen atoms in total. The van der Waals surface area contributed by atoms with Crippen molar-refractivity contribution in [3.8, 4) is 0 Å². The van der Waals surface area contributed by atoms with Crippen LogP contribution in [0.25, 0.3) is 0 Å². The molecule has 0 saturated heterocycles. The summed E-state index contributed by atoms with van der Waals surface area (Å²) in [5, 5.41) is 0. The molecule has 0 aromatic carbocycles. The van der Waals surface area contributed by atoms with Crippen molar-refractivity contribution in [1.82, 2.24) is 0 Å². The highest BCUT2D eigenvalue weighted by Gasteiger charge is 2.06. The standard InChI is InChI=1S/C11H18O3/c1-3-7-10(11(13)14-2)8-5-4-6-9-12/h8-9H,3-7H2,1-2H3/b10-8+. The average molecular weight is 198 g/mol. The number of allylic oxidation sites excluding steroid dienone is 1. The van der Waals surface area contributed by atoms with Gasteiger partial charge in [0.2, 0.25) is 0 Å². The third kappa shape index (κ3) is 5.51. The smallest absolute Gasteiger partial charge is 0.333 e. The molecule has 14 heavy (non-hydrogen) atoms. The number of esters is 1.